The van der Waals surface area contributed by atoms with Crippen LogP contribution in [0.15, 0.2) is 35.2 Å². The topological polar surface area (TPSA) is 92.4 Å². The summed E-state index contributed by atoms with van der Waals surface area (Å²) >= 11 is 0. The Balaban J connectivity index is 1.69. The summed E-state index contributed by atoms with van der Waals surface area (Å²) in [5, 5.41) is 5.87. The molecule has 1 saturated carbocycles. The van der Waals surface area contributed by atoms with Crippen LogP contribution in [0.4, 0.5) is 19.0 Å². The van der Waals surface area contributed by atoms with Gasteiger partial charge in [0.25, 0.3) is 0 Å². The maximum absolute atomic E-state index is 13.4. The number of sulfone groups is 1. The summed E-state index contributed by atoms with van der Waals surface area (Å²) in [4.78, 5) is 13.0. The van der Waals surface area contributed by atoms with E-state index in [2.05, 4.69) is 10.2 Å². The molecule has 0 radical (unpaired) electrons. The third-order valence-corrected chi connectivity index (χ3v) is 7.76. The van der Waals surface area contributed by atoms with Crippen molar-refractivity contribution < 1.29 is 31.1 Å². The normalized spacial score (nSPS) is 22.3. The van der Waals surface area contributed by atoms with Gasteiger partial charge in [-0.15, -0.1) is 0 Å². The molecule has 2 atom stereocenters. The summed E-state index contributed by atoms with van der Waals surface area (Å²) in [6.45, 7) is -0.163. The van der Waals surface area contributed by atoms with Gasteiger partial charge in [0.05, 0.1) is 22.8 Å². The second kappa shape index (κ2) is 7.29. The smallest absolute Gasteiger partial charge is 0.417 e. The molecule has 1 aromatic carbocycles. The highest BCUT2D eigenvalue weighted by atomic mass is 32.2. The third-order valence-electron chi connectivity index (χ3n) is 5.57. The fourth-order valence-corrected chi connectivity index (χ4v) is 5.75. The lowest BCUT2D eigenvalue weighted by atomic mass is 10.2. The number of hydrogen-bond acceptors (Lipinski definition) is 6. The first-order valence-electron chi connectivity index (χ1n) is 9.43. The van der Waals surface area contributed by atoms with Gasteiger partial charge in [-0.1, -0.05) is 12.1 Å². The van der Waals surface area contributed by atoms with Gasteiger partial charge in [-0.05, 0) is 31.4 Å². The first kappa shape index (κ1) is 20.7. The van der Waals surface area contributed by atoms with Crippen LogP contribution in [0.5, 0.6) is 0 Å². The van der Waals surface area contributed by atoms with Gasteiger partial charge in [-0.25, -0.2) is 13.2 Å². The average Bonchev–Trinajstić information content (AvgIpc) is 3.26. The molecule has 2 heterocycles. The molecule has 0 amide bonds. The number of anilines is 1. The van der Waals surface area contributed by atoms with E-state index >= 15 is 0 Å². The van der Waals surface area contributed by atoms with Gasteiger partial charge in [0, 0.05) is 24.2 Å². The number of carbonyl (C=O) groups is 1. The highest BCUT2D eigenvalue weighted by Gasteiger charge is 2.47. The number of aromatic nitrogens is 2. The zero-order valence-corrected chi connectivity index (χ0v) is 16.8. The molecule has 0 spiro atoms. The highest BCUT2D eigenvalue weighted by molar-refractivity contribution is 7.92. The maximum atomic E-state index is 13.4. The minimum Gasteiger partial charge on any atom is -0.467 e. The number of esters is 1. The van der Waals surface area contributed by atoms with E-state index in [9.17, 15) is 26.4 Å². The predicted molar refractivity (Wildman–Crippen MR) is 101 cm³/mol. The molecule has 2 aromatic rings. The number of nitrogens with one attached hydrogen (secondary N) is 1. The Morgan fingerprint density at radius 1 is 1.27 bits per heavy atom. The van der Waals surface area contributed by atoms with Gasteiger partial charge < -0.3 is 9.64 Å². The Labute approximate surface area is 171 Å². The Morgan fingerprint density at radius 3 is 2.60 bits per heavy atom. The van der Waals surface area contributed by atoms with Crippen LogP contribution in [-0.2, 0) is 25.5 Å². The van der Waals surface area contributed by atoms with E-state index in [0.29, 0.717) is 11.7 Å². The molecule has 162 valence electrons. The van der Waals surface area contributed by atoms with Crippen LogP contribution in [0, 0.1) is 0 Å². The molecule has 1 aliphatic heterocycles. The number of ether oxygens (including phenoxy) is 1. The minimum absolute atomic E-state index is 0.163. The number of H-pyrrole nitrogens is 1. The molecule has 4 rings (SSSR count). The number of benzene rings is 1. The van der Waals surface area contributed by atoms with Crippen LogP contribution in [0.3, 0.4) is 0 Å². The molecule has 1 saturated heterocycles. The van der Waals surface area contributed by atoms with Crippen molar-refractivity contribution in [3.8, 4) is 0 Å². The van der Waals surface area contributed by atoms with E-state index in [1.807, 2.05) is 0 Å². The first-order chi connectivity index (χ1) is 14.1. The fourth-order valence-electron chi connectivity index (χ4n) is 3.84. The van der Waals surface area contributed by atoms with Crippen molar-refractivity contribution in [1.82, 2.24) is 10.2 Å². The summed E-state index contributed by atoms with van der Waals surface area (Å²) in [5.41, 5.74) is -0.323. The zero-order valence-electron chi connectivity index (χ0n) is 16.0. The number of aromatic amines is 1. The molecule has 0 bridgehead atoms. The van der Waals surface area contributed by atoms with Gasteiger partial charge in [0.1, 0.15) is 6.04 Å². The lowest BCUT2D eigenvalue weighted by Crippen LogP contribution is -2.37. The van der Waals surface area contributed by atoms with Crippen LogP contribution < -0.4 is 4.90 Å². The van der Waals surface area contributed by atoms with Crippen molar-refractivity contribution in [1.29, 1.82) is 0 Å². The SMILES string of the molecule is COC(=O)C1CC(S(=O)(=O)c2ccccc2C(F)(F)F)CN1c1cc(C2CC2)[nH]n1. The highest BCUT2D eigenvalue weighted by Crippen LogP contribution is 2.41. The van der Waals surface area contributed by atoms with E-state index in [1.165, 1.54) is 18.1 Å². The monoisotopic (exact) mass is 443 g/mol. The van der Waals surface area contributed by atoms with Crippen LogP contribution >= 0.6 is 0 Å². The summed E-state index contributed by atoms with van der Waals surface area (Å²) in [6, 6.07) is 4.89. The second-order valence-corrected chi connectivity index (χ2v) is 9.74. The van der Waals surface area contributed by atoms with Gasteiger partial charge in [0.2, 0.25) is 0 Å². The van der Waals surface area contributed by atoms with Gasteiger partial charge in [-0.2, -0.15) is 18.3 Å². The molecule has 1 N–H and O–H groups in total. The number of rotatable bonds is 5. The van der Waals surface area contributed by atoms with E-state index in [1.54, 1.807) is 6.07 Å². The quantitative estimate of drug-likeness (QED) is 0.715. The van der Waals surface area contributed by atoms with Crippen LogP contribution in [-0.4, -0.2) is 49.5 Å². The molecule has 2 aliphatic rings. The van der Waals surface area contributed by atoms with E-state index in [4.69, 9.17) is 4.74 Å². The lowest BCUT2D eigenvalue weighted by molar-refractivity contribution is -0.142. The van der Waals surface area contributed by atoms with Gasteiger partial charge >= 0.3 is 12.1 Å². The lowest BCUT2D eigenvalue weighted by Gasteiger charge is -2.21. The number of carbonyl (C=O) groups excluding carboxylic acids is 1. The van der Waals surface area contributed by atoms with E-state index in [-0.39, 0.29) is 13.0 Å². The van der Waals surface area contributed by atoms with E-state index in [0.717, 1.165) is 36.7 Å². The number of halogens is 3. The van der Waals surface area contributed by atoms with Crippen molar-refractivity contribution in [2.45, 2.75) is 47.5 Å². The van der Waals surface area contributed by atoms with Gasteiger partial charge in [0.15, 0.2) is 15.7 Å². The Bertz CT molecular complexity index is 1060. The number of nitrogens with zero attached hydrogens (tertiary/aromatic N) is 2. The molecule has 1 aromatic heterocycles. The summed E-state index contributed by atoms with van der Waals surface area (Å²) < 4.78 is 71.3. The van der Waals surface area contributed by atoms with Crippen LogP contribution in [0.25, 0.3) is 0 Å². The van der Waals surface area contributed by atoms with Crippen molar-refractivity contribution in [3.05, 3.63) is 41.6 Å². The van der Waals surface area contributed by atoms with Crippen molar-refractivity contribution in [2.24, 2.45) is 0 Å². The average molecular weight is 443 g/mol. The number of methoxy groups -OCH3 is 1. The molecular formula is C19H20F3N3O4S. The predicted octanol–water partition coefficient (Wildman–Crippen LogP) is 2.90. The molecule has 2 fully saturated rings. The molecule has 1 aliphatic carbocycles. The first-order valence-corrected chi connectivity index (χ1v) is 11.0. The molecule has 30 heavy (non-hydrogen) atoms. The largest absolute Gasteiger partial charge is 0.467 e. The Kier molecular flexibility index (Phi) is 5.03. The maximum Gasteiger partial charge on any atom is 0.417 e. The summed E-state index contributed by atoms with van der Waals surface area (Å²) in [5.74, 6) is 0.0884. The Hall–Kier alpha value is -2.56. The summed E-state index contributed by atoms with van der Waals surface area (Å²) in [6.07, 6.45) is -2.96. The molecular weight excluding hydrogens is 423 g/mol. The van der Waals surface area contributed by atoms with Crippen molar-refractivity contribution in [3.63, 3.8) is 0 Å². The van der Waals surface area contributed by atoms with Crippen LogP contribution in [0.2, 0.25) is 0 Å². The molecule has 11 heteroatoms. The summed E-state index contributed by atoms with van der Waals surface area (Å²) in [7, 11) is -3.19. The number of alkyl halides is 3. The molecule has 7 nitrogen and oxygen atoms in total. The third kappa shape index (κ3) is 3.66. The Morgan fingerprint density at radius 2 is 1.97 bits per heavy atom. The standard InChI is InChI=1S/C19H20F3N3O4S/c1-29-18(26)15-8-12(10-25(15)17-9-14(23-24-17)11-6-7-11)30(27,28)16-5-3-2-4-13(16)19(20,21)22/h2-5,9,11-12,15H,6-8,10H2,1H3,(H,23,24). The minimum atomic E-state index is -4.81. The fraction of sp³-hybridized carbons (Fsp3) is 0.474. The van der Waals surface area contributed by atoms with Gasteiger partial charge in [-0.3, -0.25) is 5.10 Å². The second-order valence-electron chi connectivity index (χ2n) is 7.54. The zero-order chi connectivity index (χ0) is 21.7. The van der Waals surface area contributed by atoms with E-state index < -0.39 is 43.7 Å². The van der Waals surface area contributed by atoms with Crippen molar-refractivity contribution >= 4 is 21.6 Å². The number of hydrogen-bond donors (Lipinski definition) is 1. The van der Waals surface area contributed by atoms with Crippen LogP contribution in [0.1, 0.15) is 36.4 Å². The molecule has 2 unspecified atom stereocenters. The van der Waals surface area contributed by atoms with Crippen molar-refractivity contribution in [2.75, 3.05) is 18.6 Å².